The van der Waals surface area contributed by atoms with Crippen LogP contribution >= 0.6 is 0 Å². The van der Waals surface area contributed by atoms with E-state index in [-0.39, 0.29) is 11.4 Å². The van der Waals surface area contributed by atoms with E-state index in [2.05, 4.69) is 24.4 Å². The van der Waals surface area contributed by atoms with Crippen molar-refractivity contribution in [2.24, 2.45) is 0 Å². The van der Waals surface area contributed by atoms with Gasteiger partial charge in [-0.05, 0) is 61.9 Å². The summed E-state index contributed by atoms with van der Waals surface area (Å²) < 4.78 is 0. The van der Waals surface area contributed by atoms with E-state index in [4.69, 9.17) is 0 Å². The number of aryl methyl sites for hydroxylation is 2. The molecule has 2 nitrogen and oxygen atoms in total. The largest absolute Gasteiger partial charge is 0.343 e. The van der Waals surface area contributed by atoms with Crippen molar-refractivity contribution in [3.8, 4) is 0 Å². The molecule has 0 radical (unpaired) electrons. The van der Waals surface area contributed by atoms with Crippen LogP contribution in [-0.4, -0.2) is 5.91 Å². The first-order chi connectivity index (χ1) is 10.1. The van der Waals surface area contributed by atoms with E-state index in [1.165, 1.54) is 17.5 Å². The monoisotopic (exact) mass is 279 g/mol. The van der Waals surface area contributed by atoms with Crippen LogP contribution in [0, 0.1) is 13.8 Å². The molecular weight excluding hydrogens is 258 g/mol. The summed E-state index contributed by atoms with van der Waals surface area (Å²) in [5, 5.41) is 3.27. The molecule has 2 aromatic rings. The summed E-state index contributed by atoms with van der Waals surface area (Å²) in [5.74, 6) is 0.0293. The SMILES string of the molecule is Cc1ccc(C(=O)NC2(c3ccccc3)CCC2)cc1C. The van der Waals surface area contributed by atoms with Crippen molar-refractivity contribution >= 4 is 5.91 Å². The Kier molecular flexibility index (Phi) is 3.54. The minimum absolute atomic E-state index is 0.0293. The van der Waals surface area contributed by atoms with Gasteiger partial charge in [-0.25, -0.2) is 0 Å². The van der Waals surface area contributed by atoms with Crippen LogP contribution in [0.1, 0.15) is 46.3 Å². The van der Waals surface area contributed by atoms with Crippen LogP contribution in [0.25, 0.3) is 0 Å². The molecule has 21 heavy (non-hydrogen) atoms. The third kappa shape index (κ3) is 2.58. The molecule has 1 amide bonds. The molecule has 0 bridgehead atoms. The van der Waals surface area contributed by atoms with Crippen molar-refractivity contribution < 1.29 is 4.79 Å². The molecule has 1 fully saturated rings. The fraction of sp³-hybridized carbons (Fsp3) is 0.316. The quantitative estimate of drug-likeness (QED) is 0.900. The topological polar surface area (TPSA) is 29.1 Å². The van der Waals surface area contributed by atoms with Gasteiger partial charge in [0.15, 0.2) is 0 Å². The third-order valence-electron chi connectivity index (χ3n) is 4.66. The molecule has 2 aromatic carbocycles. The van der Waals surface area contributed by atoms with Crippen LogP contribution in [0.3, 0.4) is 0 Å². The predicted octanol–water partition coefficient (Wildman–Crippen LogP) is 4.11. The highest BCUT2D eigenvalue weighted by molar-refractivity contribution is 5.95. The number of benzene rings is 2. The van der Waals surface area contributed by atoms with Gasteiger partial charge in [0.2, 0.25) is 0 Å². The van der Waals surface area contributed by atoms with Gasteiger partial charge in [-0.3, -0.25) is 4.79 Å². The molecular formula is C19H21NO. The molecule has 0 aliphatic heterocycles. The summed E-state index contributed by atoms with van der Waals surface area (Å²) in [6.45, 7) is 4.11. The van der Waals surface area contributed by atoms with Crippen LogP contribution in [0.15, 0.2) is 48.5 Å². The standard InChI is InChI=1S/C19H21NO/c1-14-9-10-16(13-15(14)2)18(21)20-19(11-6-12-19)17-7-4-3-5-8-17/h3-5,7-10,13H,6,11-12H2,1-2H3,(H,20,21). The van der Waals surface area contributed by atoms with Gasteiger partial charge < -0.3 is 5.32 Å². The van der Waals surface area contributed by atoms with Crippen LogP contribution in [-0.2, 0) is 5.54 Å². The minimum Gasteiger partial charge on any atom is -0.343 e. The van der Waals surface area contributed by atoms with Crippen LogP contribution < -0.4 is 5.32 Å². The van der Waals surface area contributed by atoms with E-state index in [1.54, 1.807) is 0 Å². The van der Waals surface area contributed by atoms with E-state index in [9.17, 15) is 4.79 Å². The lowest BCUT2D eigenvalue weighted by molar-refractivity contribution is 0.0823. The zero-order chi connectivity index (χ0) is 14.9. The summed E-state index contributed by atoms with van der Waals surface area (Å²) in [7, 11) is 0. The van der Waals surface area contributed by atoms with Crippen LogP contribution in [0.4, 0.5) is 0 Å². The molecule has 0 atom stereocenters. The Morgan fingerprint density at radius 3 is 2.29 bits per heavy atom. The van der Waals surface area contributed by atoms with Crippen molar-refractivity contribution in [3.05, 3.63) is 70.8 Å². The molecule has 1 aliphatic rings. The van der Waals surface area contributed by atoms with Gasteiger partial charge in [-0.2, -0.15) is 0 Å². The molecule has 0 heterocycles. The average molecular weight is 279 g/mol. The van der Waals surface area contributed by atoms with Crippen molar-refractivity contribution in [2.45, 2.75) is 38.6 Å². The summed E-state index contributed by atoms with van der Waals surface area (Å²) in [6, 6.07) is 16.2. The number of amides is 1. The highest BCUT2D eigenvalue weighted by Gasteiger charge is 2.39. The molecule has 108 valence electrons. The van der Waals surface area contributed by atoms with E-state index < -0.39 is 0 Å². The molecule has 0 unspecified atom stereocenters. The fourth-order valence-corrected chi connectivity index (χ4v) is 2.95. The van der Waals surface area contributed by atoms with Crippen molar-refractivity contribution in [2.75, 3.05) is 0 Å². The second-order valence-corrected chi connectivity index (χ2v) is 6.05. The van der Waals surface area contributed by atoms with Gasteiger partial charge in [0.1, 0.15) is 0 Å². The number of nitrogens with one attached hydrogen (secondary N) is 1. The van der Waals surface area contributed by atoms with Crippen molar-refractivity contribution in [1.29, 1.82) is 0 Å². The summed E-state index contributed by atoms with van der Waals surface area (Å²) in [6.07, 6.45) is 3.21. The highest BCUT2D eigenvalue weighted by Crippen LogP contribution is 2.41. The van der Waals surface area contributed by atoms with E-state index >= 15 is 0 Å². The lowest BCUT2D eigenvalue weighted by Crippen LogP contribution is -2.50. The highest BCUT2D eigenvalue weighted by atomic mass is 16.1. The zero-order valence-electron chi connectivity index (χ0n) is 12.6. The van der Waals surface area contributed by atoms with E-state index in [0.717, 1.165) is 24.0 Å². The molecule has 1 N–H and O–H groups in total. The average Bonchev–Trinajstić information content (AvgIpc) is 2.46. The summed E-state index contributed by atoms with van der Waals surface area (Å²) in [4.78, 5) is 12.6. The zero-order valence-corrected chi connectivity index (χ0v) is 12.6. The number of hydrogen-bond donors (Lipinski definition) is 1. The lowest BCUT2D eigenvalue weighted by atomic mass is 9.71. The Morgan fingerprint density at radius 1 is 1.00 bits per heavy atom. The van der Waals surface area contributed by atoms with Gasteiger partial charge in [-0.15, -0.1) is 0 Å². The summed E-state index contributed by atoms with van der Waals surface area (Å²) in [5.41, 5.74) is 4.17. The van der Waals surface area contributed by atoms with Gasteiger partial charge in [0, 0.05) is 5.56 Å². The molecule has 1 saturated carbocycles. The lowest BCUT2D eigenvalue weighted by Gasteiger charge is -2.43. The van der Waals surface area contributed by atoms with Crippen molar-refractivity contribution in [1.82, 2.24) is 5.32 Å². The van der Waals surface area contributed by atoms with E-state index in [0.29, 0.717) is 0 Å². The van der Waals surface area contributed by atoms with Gasteiger partial charge >= 0.3 is 0 Å². The van der Waals surface area contributed by atoms with Gasteiger partial charge in [0.25, 0.3) is 5.91 Å². The second kappa shape index (κ2) is 5.36. The maximum Gasteiger partial charge on any atom is 0.251 e. The Labute approximate surface area is 126 Å². The smallest absolute Gasteiger partial charge is 0.251 e. The summed E-state index contributed by atoms with van der Waals surface area (Å²) >= 11 is 0. The number of hydrogen-bond acceptors (Lipinski definition) is 1. The number of carbonyl (C=O) groups is 1. The number of rotatable bonds is 3. The van der Waals surface area contributed by atoms with Gasteiger partial charge in [0.05, 0.1) is 5.54 Å². The normalized spacial score (nSPS) is 16.1. The molecule has 2 heteroatoms. The van der Waals surface area contributed by atoms with Crippen molar-refractivity contribution in [3.63, 3.8) is 0 Å². The van der Waals surface area contributed by atoms with Crippen LogP contribution in [0.5, 0.6) is 0 Å². The third-order valence-corrected chi connectivity index (χ3v) is 4.66. The second-order valence-electron chi connectivity index (χ2n) is 6.05. The maximum absolute atomic E-state index is 12.6. The fourth-order valence-electron chi connectivity index (χ4n) is 2.95. The Balaban J connectivity index is 1.84. The molecule has 0 aromatic heterocycles. The molecule has 1 aliphatic carbocycles. The number of carbonyl (C=O) groups excluding carboxylic acids is 1. The first-order valence-electron chi connectivity index (χ1n) is 7.56. The maximum atomic E-state index is 12.6. The molecule has 0 spiro atoms. The Hall–Kier alpha value is -2.09. The molecule has 3 rings (SSSR count). The molecule has 0 saturated heterocycles. The predicted molar refractivity (Wildman–Crippen MR) is 85.4 cm³/mol. The van der Waals surface area contributed by atoms with E-state index in [1.807, 2.05) is 43.3 Å². The minimum atomic E-state index is -0.170. The first kappa shape index (κ1) is 13.9. The Bertz CT molecular complexity index is 657. The van der Waals surface area contributed by atoms with Gasteiger partial charge in [-0.1, -0.05) is 36.4 Å². The first-order valence-corrected chi connectivity index (χ1v) is 7.56. The van der Waals surface area contributed by atoms with Crippen LogP contribution in [0.2, 0.25) is 0 Å². The Morgan fingerprint density at radius 2 is 1.71 bits per heavy atom.